The molecule has 65 heavy (non-hydrogen) atoms. The summed E-state index contributed by atoms with van der Waals surface area (Å²) in [7, 11) is 0. The molecular formula is C62H66Cl2Zr. The fourth-order valence-corrected chi connectivity index (χ4v) is 22.2. The molecule has 6 aliphatic rings. The Morgan fingerprint density at radius 3 is 1.78 bits per heavy atom. The number of halogens is 2. The molecule has 0 saturated heterocycles. The van der Waals surface area contributed by atoms with Gasteiger partial charge in [0.2, 0.25) is 0 Å². The quantitative estimate of drug-likeness (QED) is 0.156. The van der Waals surface area contributed by atoms with Gasteiger partial charge in [-0.15, -0.1) is 0 Å². The predicted octanol–water partition coefficient (Wildman–Crippen LogP) is 9.75. The normalized spacial score (nSPS) is 24.1. The van der Waals surface area contributed by atoms with Crippen LogP contribution in [0.5, 0.6) is 0 Å². The summed E-state index contributed by atoms with van der Waals surface area (Å²) in [5, 5.41) is 2.67. The van der Waals surface area contributed by atoms with Gasteiger partial charge in [0.05, 0.1) is 0 Å². The van der Waals surface area contributed by atoms with Crippen LogP contribution in [0.2, 0.25) is 0 Å². The molecule has 3 heteroatoms. The van der Waals surface area contributed by atoms with E-state index in [9.17, 15) is 0 Å². The third kappa shape index (κ3) is 7.81. The molecule has 4 saturated carbocycles. The maximum atomic E-state index is 2.88. The van der Waals surface area contributed by atoms with Crippen LogP contribution in [0.4, 0.5) is 0 Å². The minimum absolute atomic E-state index is 0. The van der Waals surface area contributed by atoms with E-state index in [2.05, 4.69) is 196 Å². The molecular weight excluding hydrogens is 907 g/mol. The average Bonchev–Trinajstić information content (AvgIpc) is 3.84. The van der Waals surface area contributed by atoms with Crippen LogP contribution in [-0.2, 0) is 38.5 Å². The predicted molar refractivity (Wildman–Crippen MR) is 267 cm³/mol. The van der Waals surface area contributed by atoms with Crippen molar-refractivity contribution in [2.45, 2.75) is 112 Å². The third-order valence-electron chi connectivity index (χ3n) is 16.9. The molecule has 1 atom stereocenters. The Bertz CT molecular complexity index is 2890. The average molecular weight is 973 g/mol. The van der Waals surface area contributed by atoms with E-state index >= 15 is 0 Å². The number of rotatable bonds is 6. The molecule has 6 aliphatic carbocycles. The molecule has 12 rings (SSSR count). The van der Waals surface area contributed by atoms with Gasteiger partial charge in [0.25, 0.3) is 0 Å². The van der Waals surface area contributed by atoms with E-state index in [1.165, 1.54) is 98.5 Å². The van der Waals surface area contributed by atoms with E-state index < -0.39 is 21.3 Å². The topological polar surface area (TPSA) is 0 Å². The minimum Gasteiger partial charge on any atom is -1.00 e. The molecule has 4 fully saturated rings. The van der Waals surface area contributed by atoms with E-state index in [-0.39, 0.29) is 35.6 Å². The molecule has 0 nitrogen and oxygen atoms in total. The largest absolute Gasteiger partial charge is 1.00 e. The van der Waals surface area contributed by atoms with Crippen LogP contribution in [0, 0.1) is 35.0 Å². The molecule has 0 aromatic heterocycles. The summed E-state index contributed by atoms with van der Waals surface area (Å²) in [6, 6.07) is 47.1. The number of hydrogen-bond acceptors (Lipinski definition) is 0. The van der Waals surface area contributed by atoms with Gasteiger partial charge in [-0.1, -0.05) is 0 Å². The van der Waals surface area contributed by atoms with Crippen molar-refractivity contribution in [1.82, 2.24) is 0 Å². The molecule has 0 heterocycles. The van der Waals surface area contributed by atoms with E-state index in [0.717, 1.165) is 30.1 Å². The fourth-order valence-electron chi connectivity index (χ4n) is 13.7. The summed E-state index contributed by atoms with van der Waals surface area (Å²) in [5.41, 5.74) is 18.0. The summed E-state index contributed by atoms with van der Waals surface area (Å²) in [4.78, 5) is 0. The smallest absolute Gasteiger partial charge is 1.00 e. The summed E-state index contributed by atoms with van der Waals surface area (Å²) in [6.07, 6.45) is 14.0. The number of benzene rings is 6. The Kier molecular flexibility index (Phi) is 12.3. The molecule has 0 spiro atoms. The van der Waals surface area contributed by atoms with Gasteiger partial charge in [-0.25, -0.2) is 0 Å². The summed E-state index contributed by atoms with van der Waals surface area (Å²) >= 11 is -3.07. The van der Waals surface area contributed by atoms with Gasteiger partial charge in [0, 0.05) is 0 Å². The first-order chi connectivity index (χ1) is 30.2. The van der Waals surface area contributed by atoms with Crippen LogP contribution in [0.25, 0.3) is 44.2 Å². The molecule has 0 aliphatic heterocycles. The first-order valence-corrected chi connectivity index (χ1v) is 28.0. The van der Waals surface area contributed by atoms with Crippen LogP contribution in [0.1, 0.15) is 122 Å². The summed E-state index contributed by atoms with van der Waals surface area (Å²) in [5.74, 6) is 4.03. The Morgan fingerprint density at radius 2 is 1.17 bits per heavy atom. The van der Waals surface area contributed by atoms with E-state index in [0.29, 0.717) is 11.3 Å². The monoisotopic (exact) mass is 970 g/mol. The zero-order chi connectivity index (χ0) is 43.6. The zero-order valence-electron chi connectivity index (χ0n) is 40.1. The first kappa shape index (κ1) is 46.5. The molecule has 6 aromatic carbocycles. The van der Waals surface area contributed by atoms with Crippen LogP contribution in [-0.4, -0.2) is 3.21 Å². The second kappa shape index (κ2) is 17.2. The van der Waals surface area contributed by atoms with Crippen molar-refractivity contribution in [3.05, 3.63) is 170 Å². The summed E-state index contributed by atoms with van der Waals surface area (Å²) < 4.78 is 5.18. The van der Waals surface area contributed by atoms with Crippen LogP contribution in [0.15, 0.2) is 142 Å². The van der Waals surface area contributed by atoms with Crippen molar-refractivity contribution in [2.75, 3.05) is 0 Å². The van der Waals surface area contributed by atoms with E-state index in [1.807, 2.05) is 0 Å². The SMILES string of the molecule is C/[C](c1ccc2ccccc2c1)=[Zr+2](\[C]1=CC(C2(C)C3CC4CC(C3)CC2C4)=CC1C)[c]1c2c(cc(C(C)(C)C)c1-c1ccccc1)-c1cc(C(C)(C)C)c(-c3ccccc3)cc1C2.[Cl-].[Cl-]. The summed E-state index contributed by atoms with van der Waals surface area (Å²) in [6.45, 7) is 22.5. The van der Waals surface area contributed by atoms with E-state index in [4.69, 9.17) is 0 Å². The Balaban J connectivity index is 0.00000266. The van der Waals surface area contributed by atoms with Gasteiger partial charge in [-0.05, 0) is 0 Å². The van der Waals surface area contributed by atoms with Crippen molar-refractivity contribution in [2.24, 2.45) is 35.0 Å². The number of allylic oxidation sites excluding steroid dienone is 4. The minimum atomic E-state index is -3.07. The third-order valence-corrected chi connectivity index (χ3v) is 24.9. The standard InChI is InChI=1S/C33H33.C17H23.C12H10.2ClH.Zr/c1-32(2,3)30-20-26-24(18-28(30)22-13-9-7-10-14-22)17-25-19-29(23-15-11-8-12-16-23)31(21-27(25)26)33(4,5)6;1-11-3-4-14(5-11)17(2)15-7-12-6-13(9-15)10-16(17)8-12;1-2-10-7-8-11-5-3-4-6-12(11)9-10;;;/h7-16,18,20-21H,17H2,1-6H3;4-5,11-13,15-16H,6-10H2,1-2H3;3-9H,1H3;2*1H;/q;;;;;+2/p-2. The Morgan fingerprint density at radius 1 is 0.600 bits per heavy atom. The van der Waals surface area contributed by atoms with Gasteiger partial charge in [0.1, 0.15) is 0 Å². The molecule has 1 unspecified atom stereocenters. The number of fused-ring (bicyclic) bond motifs is 4. The molecule has 332 valence electrons. The fraction of sp³-hybridized carbons (Fsp3) is 0.371. The second-order valence-electron chi connectivity index (χ2n) is 22.8. The van der Waals surface area contributed by atoms with Crippen molar-refractivity contribution in [3.63, 3.8) is 0 Å². The van der Waals surface area contributed by atoms with Gasteiger partial charge in [-0.3, -0.25) is 0 Å². The van der Waals surface area contributed by atoms with Gasteiger partial charge >= 0.3 is 389 Å². The van der Waals surface area contributed by atoms with Crippen molar-refractivity contribution in [1.29, 1.82) is 0 Å². The van der Waals surface area contributed by atoms with Crippen LogP contribution >= 0.6 is 0 Å². The molecule has 0 amide bonds. The molecule has 0 radical (unpaired) electrons. The van der Waals surface area contributed by atoms with Crippen molar-refractivity contribution in [3.8, 4) is 33.4 Å². The van der Waals surface area contributed by atoms with Crippen LogP contribution < -0.4 is 28.1 Å². The molecule has 4 bridgehead atoms. The van der Waals surface area contributed by atoms with Crippen LogP contribution in [0.3, 0.4) is 0 Å². The molecule has 6 aromatic rings. The maximum absolute atomic E-state index is 3.07. The first-order valence-electron chi connectivity index (χ1n) is 24.3. The van der Waals surface area contributed by atoms with E-state index in [1.54, 1.807) is 20.9 Å². The maximum Gasteiger partial charge on any atom is -1.00 e. The zero-order valence-corrected chi connectivity index (χ0v) is 44.1. The van der Waals surface area contributed by atoms with Gasteiger partial charge in [-0.2, -0.15) is 0 Å². The second-order valence-corrected chi connectivity index (χ2v) is 29.2. The van der Waals surface area contributed by atoms with Gasteiger partial charge in [0.15, 0.2) is 0 Å². The van der Waals surface area contributed by atoms with Crippen molar-refractivity contribution >= 4 is 17.2 Å². The van der Waals surface area contributed by atoms with Gasteiger partial charge < -0.3 is 24.8 Å². The number of hydrogen-bond donors (Lipinski definition) is 0. The molecule has 0 N–H and O–H groups in total. The Labute approximate surface area is 410 Å². The Hall–Kier alpha value is -3.61. The van der Waals surface area contributed by atoms with Crippen molar-refractivity contribution < 1.29 is 46.1 Å².